The van der Waals surface area contributed by atoms with Crippen LogP contribution in [0.4, 0.5) is 10.1 Å². The van der Waals surface area contributed by atoms with Crippen molar-refractivity contribution in [3.63, 3.8) is 0 Å². The molecule has 2 N–H and O–H groups in total. The number of fused-ring (bicyclic) bond motifs is 1. The third-order valence-electron chi connectivity index (χ3n) is 4.22. The van der Waals surface area contributed by atoms with Crippen LogP contribution in [0.1, 0.15) is 27.9 Å². The molecular weight excluding hydrogens is 351 g/mol. The van der Waals surface area contributed by atoms with Crippen molar-refractivity contribution in [2.75, 3.05) is 18.5 Å². The van der Waals surface area contributed by atoms with Crippen molar-refractivity contribution in [2.24, 2.45) is 0 Å². The Morgan fingerprint density at radius 1 is 1.11 bits per heavy atom. The lowest BCUT2D eigenvalue weighted by Gasteiger charge is -2.17. The van der Waals surface area contributed by atoms with Crippen molar-refractivity contribution < 1.29 is 23.5 Å². The SMILES string of the molecule is O=C(COC(=O)c1ccc2c(c1)CCC(=O)N2)NCCc1ccc(F)cc1. The van der Waals surface area contributed by atoms with Gasteiger partial charge in [0.25, 0.3) is 5.91 Å². The molecule has 7 heteroatoms. The van der Waals surface area contributed by atoms with Crippen molar-refractivity contribution in [3.05, 3.63) is 65.0 Å². The van der Waals surface area contributed by atoms with Gasteiger partial charge in [-0.3, -0.25) is 9.59 Å². The van der Waals surface area contributed by atoms with Gasteiger partial charge in [0.1, 0.15) is 5.82 Å². The number of hydrogen-bond acceptors (Lipinski definition) is 4. The van der Waals surface area contributed by atoms with Gasteiger partial charge in [0.15, 0.2) is 6.61 Å². The first-order chi connectivity index (χ1) is 13.0. The monoisotopic (exact) mass is 370 g/mol. The van der Waals surface area contributed by atoms with E-state index in [1.54, 1.807) is 30.3 Å². The third kappa shape index (κ3) is 5.13. The second kappa shape index (κ2) is 8.44. The van der Waals surface area contributed by atoms with Gasteiger partial charge in [-0.1, -0.05) is 12.1 Å². The second-order valence-corrected chi connectivity index (χ2v) is 6.22. The maximum atomic E-state index is 12.8. The lowest BCUT2D eigenvalue weighted by Crippen LogP contribution is -2.30. The number of hydrogen-bond donors (Lipinski definition) is 2. The second-order valence-electron chi connectivity index (χ2n) is 6.22. The summed E-state index contributed by atoms with van der Waals surface area (Å²) in [5.41, 5.74) is 2.80. The van der Waals surface area contributed by atoms with Gasteiger partial charge in [0, 0.05) is 18.7 Å². The van der Waals surface area contributed by atoms with E-state index in [4.69, 9.17) is 4.74 Å². The fourth-order valence-electron chi connectivity index (χ4n) is 2.77. The Kier molecular flexibility index (Phi) is 5.80. The number of rotatable bonds is 6. The first kappa shape index (κ1) is 18.6. The van der Waals surface area contributed by atoms with Crippen molar-refractivity contribution >= 4 is 23.5 Å². The molecule has 0 bridgehead atoms. The van der Waals surface area contributed by atoms with E-state index in [9.17, 15) is 18.8 Å². The van der Waals surface area contributed by atoms with E-state index in [0.717, 1.165) is 11.1 Å². The number of halogens is 1. The fourth-order valence-corrected chi connectivity index (χ4v) is 2.77. The average molecular weight is 370 g/mol. The van der Waals surface area contributed by atoms with Crippen LogP contribution >= 0.6 is 0 Å². The number of aryl methyl sites for hydroxylation is 1. The largest absolute Gasteiger partial charge is 0.452 e. The smallest absolute Gasteiger partial charge is 0.338 e. The molecule has 140 valence electrons. The van der Waals surface area contributed by atoms with Crippen LogP contribution < -0.4 is 10.6 Å². The first-order valence-corrected chi connectivity index (χ1v) is 8.62. The van der Waals surface area contributed by atoms with Gasteiger partial charge in [-0.05, 0) is 54.3 Å². The van der Waals surface area contributed by atoms with Crippen LogP contribution in [-0.4, -0.2) is 30.9 Å². The van der Waals surface area contributed by atoms with Gasteiger partial charge in [0.05, 0.1) is 5.56 Å². The molecule has 0 atom stereocenters. The number of ether oxygens (including phenoxy) is 1. The van der Waals surface area contributed by atoms with Gasteiger partial charge in [0.2, 0.25) is 5.91 Å². The molecule has 0 saturated carbocycles. The van der Waals surface area contributed by atoms with E-state index in [0.29, 0.717) is 37.1 Å². The van der Waals surface area contributed by atoms with Crippen LogP contribution in [0.2, 0.25) is 0 Å². The van der Waals surface area contributed by atoms with Crippen LogP contribution in [-0.2, 0) is 27.2 Å². The Labute approximate surface area is 155 Å². The molecular formula is C20H19FN2O4. The van der Waals surface area contributed by atoms with E-state index in [2.05, 4.69) is 10.6 Å². The van der Waals surface area contributed by atoms with E-state index >= 15 is 0 Å². The van der Waals surface area contributed by atoms with Crippen molar-refractivity contribution in [2.45, 2.75) is 19.3 Å². The number of anilines is 1. The fraction of sp³-hybridized carbons (Fsp3) is 0.250. The van der Waals surface area contributed by atoms with Crippen LogP contribution in [0.5, 0.6) is 0 Å². The summed E-state index contributed by atoms with van der Waals surface area (Å²) in [6, 6.07) is 10.9. The maximum Gasteiger partial charge on any atom is 0.338 e. The van der Waals surface area contributed by atoms with Gasteiger partial charge in [-0.2, -0.15) is 0 Å². The summed E-state index contributed by atoms with van der Waals surface area (Å²) in [6.07, 6.45) is 1.49. The minimum atomic E-state index is -0.594. The highest BCUT2D eigenvalue weighted by Gasteiger charge is 2.17. The number of carbonyl (C=O) groups is 3. The van der Waals surface area contributed by atoms with E-state index in [-0.39, 0.29) is 18.3 Å². The topological polar surface area (TPSA) is 84.5 Å². The predicted octanol–water partition coefficient (Wildman–Crippen LogP) is 2.23. The van der Waals surface area contributed by atoms with Crippen molar-refractivity contribution in [1.29, 1.82) is 0 Å². The van der Waals surface area contributed by atoms with E-state index in [1.165, 1.54) is 12.1 Å². The Morgan fingerprint density at radius 3 is 2.67 bits per heavy atom. The van der Waals surface area contributed by atoms with Crippen LogP contribution in [0, 0.1) is 5.82 Å². The lowest BCUT2D eigenvalue weighted by molar-refractivity contribution is -0.124. The summed E-state index contributed by atoms with van der Waals surface area (Å²) in [7, 11) is 0. The van der Waals surface area contributed by atoms with Gasteiger partial charge in [-0.15, -0.1) is 0 Å². The Bertz CT molecular complexity index is 865. The number of benzene rings is 2. The van der Waals surface area contributed by atoms with Gasteiger partial charge in [-0.25, -0.2) is 9.18 Å². The molecule has 1 aliphatic heterocycles. The molecule has 0 fully saturated rings. The number of esters is 1. The highest BCUT2D eigenvalue weighted by Crippen LogP contribution is 2.23. The molecule has 3 rings (SSSR count). The normalized spacial score (nSPS) is 12.7. The molecule has 1 aliphatic rings. The zero-order valence-electron chi connectivity index (χ0n) is 14.6. The van der Waals surface area contributed by atoms with Crippen LogP contribution in [0.25, 0.3) is 0 Å². The number of carbonyl (C=O) groups excluding carboxylic acids is 3. The van der Waals surface area contributed by atoms with Crippen LogP contribution in [0.3, 0.4) is 0 Å². The molecule has 0 unspecified atom stereocenters. The number of nitrogens with one attached hydrogen (secondary N) is 2. The molecule has 1 heterocycles. The van der Waals surface area contributed by atoms with E-state index < -0.39 is 11.9 Å². The van der Waals surface area contributed by atoms with Crippen LogP contribution in [0.15, 0.2) is 42.5 Å². The molecule has 0 aliphatic carbocycles. The first-order valence-electron chi connectivity index (χ1n) is 8.62. The molecule has 0 radical (unpaired) electrons. The minimum absolute atomic E-state index is 0.0462. The summed E-state index contributed by atoms with van der Waals surface area (Å²) in [4.78, 5) is 35.2. The zero-order valence-corrected chi connectivity index (χ0v) is 14.6. The summed E-state index contributed by atoms with van der Waals surface area (Å²) < 4.78 is 17.9. The molecule has 2 aromatic carbocycles. The summed E-state index contributed by atoms with van der Waals surface area (Å²) in [5, 5.41) is 5.39. The van der Waals surface area contributed by atoms with Crippen molar-refractivity contribution in [1.82, 2.24) is 5.32 Å². The van der Waals surface area contributed by atoms with Gasteiger partial charge < -0.3 is 15.4 Å². The quantitative estimate of drug-likeness (QED) is 0.764. The molecule has 0 saturated heterocycles. The standard InChI is InChI=1S/C20H19FN2O4/c21-16-5-1-13(2-6-16)9-10-22-19(25)12-27-20(26)15-3-7-17-14(11-15)4-8-18(24)23-17/h1-3,5-7,11H,4,8-10,12H2,(H,22,25)(H,23,24). The zero-order chi connectivity index (χ0) is 19.2. The molecule has 6 nitrogen and oxygen atoms in total. The lowest BCUT2D eigenvalue weighted by atomic mass is 10.0. The Hall–Kier alpha value is -3.22. The molecule has 2 amide bonds. The van der Waals surface area contributed by atoms with Gasteiger partial charge >= 0.3 is 5.97 Å². The Balaban J connectivity index is 1.44. The highest BCUT2D eigenvalue weighted by molar-refractivity contribution is 5.96. The molecule has 0 spiro atoms. The Morgan fingerprint density at radius 2 is 1.89 bits per heavy atom. The van der Waals surface area contributed by atoms with E-state index in [1.807, 2.05) is 0 Å². The minimum Gasteiger partial charge on any atom is -0.452 e. The number of amides is 2. The van der Waals surface area contributed by atoms with Crippen molar-refractivity contribution in [3.8, 4) is 0 Å². The molecule has 2 aromatic rings. The molecule has 27 heavy (non-hydrogen) atoms. The summed E-state index contributed by atoms with van der Waals surface area (Å²) in [6.45, 7) is -0.0172. The third-order valence-corrected chi connectivity index (χ3v) is 4.22. The summed E-state index contributed by atoms with van der Waals surface area (Å²) >= 11 is 0. The molecule has 0 aromatic heterocycles. The summed E-state index contributed by atoms with van der Waals surface area (Å²) in [5.74, 6) is -1.35. The average Bonchev–Trinajstić information content (AvgIpc) is 2.67. The maximum absolute atomic E-state index is 12.8. The highest BCUT2D eigenvalue weighted by atomic mass is 19.1. The predicted molar refractivity (Wildman–Crippen MR) is 96.8 cm³/mol.